The molecule has 0 unspecified atom stereocenters. The Hall–Kier alpha value is -1.52. The van der Waals surface area contributed by atoms with Crippen LogP contribution in [0.1, 0.15) is 24.3 Å². The highest BCUT2D eigenvalue weighted by molar-refractivity contribution is 5.89. The van der Waals surface area contributed by atoms with E-state index < -0.39 is 5.97 Å². The van der Waals surface area contributed by atoms with Crippen molar-refractivity contribution in [3.8, 4) is 5.88 Å². The lowest BCUT2D eigenvalue weighted by Crippen LogP contribution is -2.11. The maximum absolute atomic E-state index is 11.3. The van der Waals surface area contributed by atoms with E-state index >= 15 is 0 Å². The second kappa shape index (κ2) is 3.93. The summed E-state index contributed by atoms with van der Waals surface area (Å²) in [6.45, 7) is 4.42. The molecule has 0 atom stereocenters. The molecule has 0 aliphatic rings. The first-order chi connectivity index (χ1) is 6.20. The summed E-state index contributed by atoms with van der Waals surface area (Å²) in [7, 11) is 0. The fraction of sp³-hybridized carbons (Fsp3) is 0.500. The molecule has 0 bridgehead atoms. The maximum atomic E-state index is 11.3. The van der Waals surface area contributed by atoms with Gasteiger partial charge >= 0.3 is 5.97 Å². The van der Waals surface area contributed by atoms with E-state index in [2.05, 4.69) is 4.98 Å². The number of rotatable bonds is 3. The molecule has 72 valence electrons. The van der Waals surface area contributed by atoms with Crippen molar-refractivity contribution < 1.29 is 14.6 Å². The summed E-state index contributed by atoms with van der Waals surface area (Å²) in [6.07, 6.45) is 1.40. The highest BCUT2D eigenvalue weighted by Gasteiger charge is 2.18. The van der Waals surface area contributed by atoms with Gasteiger partial charge in [-0.15, -0.1) is 0 Å². The van der Waals surface area contributed by atoms with Gasteiger partial charge in [-0.2, -0.15) is 0 Å². The fourth-order valence-corrected chi connectivity index (χ4v) is 1.02. The van der Waals surface area contributed by atoms with Gasteiger partial charge in [-0.25, -0.2) is 9.78 Å². The van der Waals surface area contributed by atoms with E-state index in [4.69, 9.17) is 4.74 Å². The first-order valence-corrected chi connectivity index (χ1v) is 4.11. The van der Waals surface area contributed by atoms with E-state index in [-0.39, 0.29) is 18.2 Å². The molecule has 0 saturated heterocycles. The van der Waals surface area contributed by atoms with Crippen LogP contribution in [0.15, 0.2) is 6.33 Å². The molecule has 0 aliphatic heterocycles. The zero-order valence-corrected chi connectivity index (χ0v) is 7.65. The Labute approximate surface area is 76.0 Å². The van der Waals surface area contributed by atoms with Gasteiger partial charge < -0.3 is 14.4 Å². The third-order valence-electron chi connectivity index (χ3n) is 1.63. The Bertz CT molecular complexity index is 306. The van der Waals surface area contributed by atoms with Gasteiger partial charge in [0.05, 0.1) is 12.9 Å². The Morgan fingerprint density at radius 1 is 1.69 bits per heavy atom. The number of aromatic nitrogens is 2. The van der Waals surface area contributed by atoms with E-state index in [9.17, 15) is 9.90 Å². The minimum absolute atomic E-state index is 0.115. The van der Waals surface area contributed by atoms with Gasteiger partial charge in [0.2, 0.25) is 5.88 Å². The Morgan fingerprint density at radius 2 is 2.38 bits per heavy atom. The van der Waals surface area contributed by atoms with Crippen LogP contribution >= 0.6 is 0 Å². The molecule has 0 saturated carbocycles. The van der Waals surface area contributed by atoms with Crippen LogP contribution in [0.2, 0.25) is 0 Å². The highest BCUT2D eigenvalue weighted by Crippen LogP contribution is 2.15. The van der Waals surface area contributed by atoms with Crippen molar-refractivity contribution in [1.29, 1.82) is 0 Å². The number of carbonyl (C=O) groups is 1. The van der Waals surface area contributed by atoms with Crippen LogP contribution in [-0.4, -0.2) is 27.2 Å². The van der Waals surface area contributed by atoms with Crippen LogP contribution in [0.25, 0.3) is 0 Å². The molecule has 0 aromatic carbocycles. The number of hydrogen-bond acceptors (Lipinski definition) is 4. The Morgan fingerprint density at radius 3 is 2.92 bits per heavy atom. The molecule has 1 aromatic heterocycles. The highest BCUT2D eigenvalue weighted by atomic mass is 16.5. The molecule has 5 heteroatoms. The summed E-state index contributed by atoms with van der Waals surface area (Å²) in [5.74, 6) is -0.820. The molecule has 0 amide bonds. The summed E-state index contributed by atoms with van der Waals surface area (Å²) >= 11 is 0. The molecular formula is C8H12N2O3. The van der Waals surface area contributed by atoms with Gasteiger partial charge in [-0.05, 0) is 13.8 Å². The minimum Gasteiger partial charge on any atom is -0.492 e. The third-order valence-corrected chi connectivity index (χ3v) is 1.63. The average molecular weight is 184 g/mol. The van der Waals surface area contributed by atoms with Crippen molar-refractivity contribution in [2.24, 2.45) is 0 Å². The van der Waals surface area contributed by atoms with Gasteiger partial charge in [0, 0.05) is 6.54 Å². The summed E-state index contributed by atoms with van der Waals surface area (Å²) in [6, 6.07) is 0. The quantitative estimate of drug-likeness (QED) is 0.705. The lowest BCUT2D eigenvalue weighted by Gasteiger charge is -2.03. The number of aryl methyl sites for hydroxylation is 1. The lowest BCUT2D eigenvalue weighted by molar-refractivity contribution is 0.0510. The smallest absolute Gasteiger partial charge is 0.360 e. The molecule has 5 nitrogen and oxygen atoms in total. The van der Waals surface area contributed by atoms with E-state index in [1.807, 2.05) is 6.92 Å². The summed E-state index contributed by atoms with van der Waals surface area (Å²) in [5, 5.41) is 9.23. The number of carbonyl (C=O) groups excluding carboxylic acids is 1. The zero-order chi connectivity index (χ0) is 9.84. The number of esters is 1. The SMILES string of the molecule is CCOC(=O)c1c(O)ncn1CC. The molecule has 1 rings (SSSR count). The number of imidazole rings is 1. The molecule has 1 heterocycles. The number of nitrogens with zero attached hydrogens (tertiary/aromatic N) is 2. The molecular weight excluding hydrogens is 172 g/mol. The molecule has 1 N–H and O–H groups in total. The van der Waals surface area contributed by atoms with Crippen LogP contribution in [-0.2, 0) is 11.3 Å². The van der Waals surface area contributed by atoms with Crippen LogP contribution in [0.3, 0.4) is 0 Å². The largest absolute Gasteiger partial charge is 0.492 e. The van der Waals surface area contributed by atoms with E-state index in [0.29, 0.717) is 6.54 Å². The molecule has 0 fully saturated rings. The number of hydrogen-bond donors (Lipinski definition) is 1. The Balaban J connectivity index is 2.96. The van der Waals surface area contributed by atoms with Crippen LogP contribution in [0.4, 0.5) is 0 Å². The van der Waals surface area contributed by atoms with E-state index in [1.165, 1.54) is 10.9 Å². The van der Waals surface area contributed by atoms with Crippen molar-refractivity contribution >= 4 is 5.97 Å². The van der Waals surface area contributed by atoms with Gasteiger partial charge in [0.15, 0.2) is 5.69 Å². The van der Waals surface area contributed by atoms with Crippen molar-refractivity contribution in [3.05, 3.63) is 12.0 Å². The molecule has 1 aromatic rings. The second-order valence-electron chi connectivity index (χ2n) is 2.42. The van der Waals surface area contributed by atoms with Gasteiger partial charge in [-0.3, -0.25) is 0 Å². The van der Waals surface area contributed by atoms with Gasteiger partial charge in [0.1, 0.15) is 0 Å². The molecule has 0 aliphatic carbocycles. The molecule has 0 radical (unpaired) electrons. The second-order valence-corrected chi connectivity index (χ2v) is 2.42. The van der Waals surface area contributed by atoms with E-state index in [1.54, 1.807) is 6.92 Å². The predicted octanol–water partition coefficient (Wildman–Crippen LogP) is 0.785. The summed E-state index contributed by atoms with van der Waals surface area (Å²) < 4.78 is 6.28. The van der Waals surface area contributed by atoms with Crippen LogP contribution in [0, 0.1) is 0 Å². The van der Waals surface area contributed by atoms with Crippen molar-refractivity contribution in [1.82, 2.24) is 9.55 Å². The zero-order valence-electron chi connectivity index (χ0n) is 7.65. The average Bonchev–Trinajstić information content (AvgIpc) is 2.47. The number of ether oxygens (including phenoxy) is 1. The monoisotopic (exact) mass is 184 g/mol. The summed E-state index contributed by atoms with van der Waals surface area (Å²) in [5.41, 5.74) is 0.115. The van der Waals surface area contributed by atoms with Crippen LogP contribution in [0.5, 0.6) is 5.88 Å². The van der Waals surface area contributed by atoms with Crippen molar-refractivity contribution in [2.45, 2.75) is 20.4 Å². The fourth-order valence-electron chi connectivity index (χ4n) is 1.02. The lowest BCUT2D eigenvalue weighted by atomic mass is 10.4. The molecule has 0 spiro atoms. The maximum Gasteiger partial charge on any atom is 0.360 e. The third kappa shape index (κ3) is 1.80. The first kappa shape index (κ1) is 9.57. The van der Waals surface area contributed by atoms with Gasteiger partial charge in [0.25, 0.3) is 0 Å². The molecule has 13 heavy (non-hydrogen) atoms. The Kier molecular flexibility index (Phi) is 2.89. The van der Waals surface area contributed by atoms with Crippen molar-refractivity contribution in [2.75, 3.05) is 6.61 Å². The number of aromatic hydroxyl groups is 1. The summed E-state index contributed by atoms with van der Waals surface area (Å²) in [4.78, 5) is 14.9. The predicted molar refractivity (Wildman–Crippen MR) is 45.5 cm³/mol. The van der Waals surface area contributed by atoms with Gasteiger partial charge in [-0.1, -0.05) is 0 Å². The standard InChI is InChI=1S/C8H12N2O3/c1-3-10-5-9-7(11)6(10)8(12)13-4-2/h5,11H,3-4H2,1-2H3. The van der Waals surface area contributed by atoms with Crippen molar-refractivity contribution in [3.63, 3.8) is 0 Å². The normalized spacial score (nSPS) is 10.0. The first-order valence-electron chi connectivity index (χ1n) is 4.11. The minimum atomic E-state index is -0.542. The van der Waals surface area contributed by atoms with Crippen LogP contribution < -0.4 is 0 Å². The van der Waals surface area contributed by atoms with E-state index in [0.717, 1.165) is 0 Å². The topological polar surface area (TPSA) is 64.3 Å².